The third-order valence-electron chi connectivity index (χ3n) is 5.19. The molecule has 2 heterocycles. The summed E-state index contributed by atoms with van der Waals surface area (Å²) in [4.78, 5) is 14.9. The first-order chi connectivity index (χ1) is 14.9. The number of benzene rings is 2. The standard InChI is InChI=1S/C21H19FN2O2.C4H10OS/c1-11-6-17(13(3)23)20-18(7-11)19(25)12(2)21(26-20)24-9-14-4-5-16(22)8-15(14)10-24;1-4(2,3)6-5/h4-8,23H,9-10H2,1-3H3;5H,1-3H3. The molecule has 32 heavy (non-hydrogen) atoms. The molecule has 1 aliphatic rings. The van der Waals surface area contributed by atoms with Crippen LogP contribution in [0.1, 0.15) is 55.5 Å². The molecule has 1 aliphatic heterocycles. The van der Waals surface area contributed by atoms with E-state index in [9.17, 15) is 9.18 Å². The lowest BCUT2D eigenvalue weighted by atomic mass is 10.0. The molecule has 0 bridgehead atoms. The van der Waals surface area contributed by atoms with Gasteiger partial charge in [-0.15, -0.1) is 0 Å². The molecule has 0 atom stereocenters. The molecule has 0 fully saturated rings. The van der Waals surface area contributed by atoms with Crippen molar-refractivity contribution in [2.24, 2.45) is 0 Å². The van der Waals surface area contributed by atoms with Crippen LogP contribution in [-0.2, 0) is 13.1 Å². The van der Waals surface area contributed by atoms with Crippen LogP contribution in [0.5, 0.6) is 0 Å². The van der Waals surface area contributed by atoms with Gasteiger partial charge in [0.25, 0.3) is 0 Å². The van der Waals surface area contributed by atoms with Crippen molar-refractivity contribution in [3.8, 4) is 0 Å². The van der Waals surface area contributed by atoms with Gasteiger partial charge < -0.3 is 19.3 Å². The topological polar surface area (TPSA) is 77.5 Å². The highest BCUT2D eigenvalue weighted by Crippen LogP contribution is 2.33. The summed E-state index contributed by atoms with van der Waals surface area (Å²) in [6.45, 7) is 12.3. The number of nitrogens with one attached hydrogen (secondary N) is 1. The number of fused-ring (bicyclic) bond motifs is 2. The highest BCUT2D eigenvalue weighted by atomic mass is 32.2. The molecule has 2 aromatic carbocycles. The van der Waals surface area contributed by atoms with Crippen LogP contribution in [-0.4, -0.2) is 15.0 Å². The molecular weight excluding hydrogens is 427 g/mol. The van der Waals surface area contributed by atoms with Crippen LogP contribution in [0.25, 0.3) is 11.0 Å². The van der Waals surface area contributed by atoms with Crippen LogP contribution in [0.4, 0.5) is 10.3 Å². The average molecular weight is 457 g/mol. The predicted octanol–water partition coefficient (Wildman–Crippen LogP) is 6.45. The predicted molar refractivity (Wildman–Crippen MR) is 131 cm³/mol. The van der Waals surface area contributed by atoms with Crippen LogP contribution in [0, 0.1) is 25.1 Å². The Balaban J connectivity index is 0.000000427. The molecule has 4 rings (SSSR count). The number of hydrogen-bond donors (Lipinski definition) is 2. The largest absolute Gasteiger partial charge is 0.439 e. The first kappa shape index (κ1) is 24.0. The van der Waals surface area contributed by atoms with Gasteiger partial charge in [-0.1, -0.05) is 6.07 Å². The normalized spacial score (nSPS) is 13.1. The number of rotatable bonds is 2. The summed E-state index contributed by atoms with van der Waals surface area (Å²) in [5, 5.41) is 8.53. The Hall–Kier alpha value is -2.64. The van der Waals surface area contributed by atoms with E-state index in [0.29, 0.717) is 46.8 Å². The minimum Gasteiger partial charge on any atom is -0.439 e. The zero-order valence-electron chi connectivity index (χ0n) is 19.3. The summed E-state index contributed by atoms with van der Waals surface area (Å²) in [5.74, 6) is 0.227. The summed E-state index contributed by atoms with van der Waals surface area (Å²) in [5.41, 5.74) is 4.71. The molecule has 0 saturated heterocycles. The van der Waals surface area contributed by atoms with Crippen LogP contribution < -0.4 is 10.3 Å². The van der Waals surface area contributed by atoms with Gasteiger partial charge in [-0.05, 0) is 94.5 Å². The lowest BCUT2D eigenvalue weighted by Gasteiger charge is -2.19. The van der Waals surface area contributed by atoms with Crippen molar-refractivity contribution in [1.29, 1.82) is 5.41 Å². The Labute approximate surface area is 192 Å². The van der Waals surface area contributed by atoms with Gasteiger partial charge >= 0.3 is 0 Å². The maximum absolute atomic E-state index is 13.5. The molecule has 2 N–H and O–H groups in total. The fraction of sp³-hybridized carbons (Fsp3) is 0.360. The molecule has 5 nitrogen and oxygen atoms in total. The molecule has 0 saturated carbocycles. The minimum atomic E-state index is -0.264. The number of nitrogens with zero attached hydrogens (tertiary/aromatic N) is 1. The third kappa shape index (κ3) is 5.05. The fourth-order valence-corrected chi connectivity index (χ4v) is 3.61. The van der Waals surface area contributed by atoms with Gasteiger partial charge in [0, 0.05) is 29.1 Å². The fourth-order valence-electron chi connectivity index (χ4n) is 3.61. The zero-order chi connectivity index (χ0) is 23.8. The van der Waals surface area contributed by atoms with Crippen molar-refractivity contribution in [3.05, 3.63) is 74.2 Å². The van der Waals surface area contributed by atoms with Crippen molar-refractivity contribution in [3.63, 3.8) is 0 Å². The van der Waals surface area contributed by atoms with Crippen molar-refractivity contribution in [2.75, 3.05) is 4.90 Å². The third-order valence-corrected chi connectivity index (χ3v) is 5.74. The molecule has 1 aromatic heterocycles. The van der Waals surface area contributed by atoms with E-state index in [1.54, 1.807) is 26.0 Å². The van der Waals surface area contributed by atoms with E-state index in [1.165, 1.54) is 12.1 Å². The first-order valence-electron chi connectivity index (χ1n) is 10.4. The Bertz CT molecular complexity index is 1240. The van der Waals surface area contributed by atoms with E-state index < -0.39 is 0 Å². The zero-order valence-corrected chi connectivity index (χ0v) is 20.1. The molecule has 0 amide bonds. The Kier molecular flexibility index (Phi) is 6.81. The van der Waals surface area contributed by atoms with E-state index in [-0.39, 0.29) is 16.0 Å². The highest BCUT2D eigenvalue weighted by molar-refractivity contribution is 7.95. The van der Waals surface area contributed by atoms with E-state index in [2.05, 4.69) is 0 Å². The second-order valence-corrected chi connectivity index (χ2v) is 10.6. The minimum absolute atomic E-state index is 0.0139. The van der Waals surface area contributed by atoms with Gasteiger partial charge in [-0.3, -0.25) is 4.79 Å². The molecule has 3 aromatic rings. The summed E-state index contributed by atoms with van der Waals surface area (Å²) in [6.07, 6.45) is 0. The van der Waals surface area contributed by atoms with Gasteiger partial charge in [-0.25, -0.2) is 4.39 Å². The number of halogens is 1. The summed E-state index contributed by atoms with van der Waals surface area (Å²) >= 11 is 0.882. The maximum Gasteiger partial charge on any atom is 0.203 e. The van der Waals surface area contributed by atoms with Gasteiger partial charge in [0.05, 0.1) is 10.9 Å². The van der Waals surface area contributed by atoms with E-state index in [1.807, 2.05) is 38.7 Å². The van der Waals surface area contributed by atoms with E-state index in [0.717, 1.165) is 28.7 Å². The van der Waals surface area contributed by atoms with E-state index in [4.69, 9.17) is 14.4 Å². The lowest BCUT2D eigenvalue weighted by Crippen LogP contribution is -2.20. The van der Waals surface area contributed by atoms with Crippen LogP contribution >= 0.6 is 12.0 Å². The second kappa shape index (κ2) is 9.08. The quantitative estimate of drug-likeness (QED) is 0.342. The van der Waals surface area contributed by atoms with Crippen molar-refractivity contribution in [2.45, 2.75) is 59.4 Å². The molecule has 0 spiro atoms. The molecular formula is C25H29FN2O3S. The lowest BCUT2D eigenvalue weighted by molar-refractivity contribution is 0.570. The molecule has 0 radical (unpaired) electrons. The summed E-state index contributed by atoms with van der Waals surface area (Å²) < 4.78 is 28.0. The Morgan fingerprint density at radius 2 is 1.78 bits per heavy atom. The number of anilines is 1. The summed E-state index contributed by atoms with van der Waals surface area (Å²) in [6, 6.07) is 8.42. The average Bonchev–Trinajstić information content (AvgIpc) is 3.13. The number of aryl methyl sites for hydroxylation is 1. The molecule has 7 heteroatoms. The second-order valence-electron chi connectivity index (χ2n) is 9.15. The van der Waals surface area contributed by atoms with Gasteiger partial charge in [0.1, 0.15) is 11.4 Å². The highest BCUT2D eigenvalue weighted by Gasteiger charge is 2.25. The van der Waals surface area contributed by atoms with Crippen molar-refractivity contribution >= 4 is 34.6 Å². The van der Waals surface area contributed by atoms with Crippen molar-refractivity contribution < 1.29 is 13.4 Å². The van der Waals surface area contributed by atoms with Crippen LogP contribution in [0.2, 0.25) is 0 Å². The SMILES string of the molecule is CC(=N)c1cc(C)cc2c(=O)c(C)c(N3Cc4ccc(F)cc4C3)oc12.CC(C)(C)SO. The van der Waals surface area contributed by atoms with Gasteiger partial charge in [0.15, 0.2) is 5.43 Å². The Morgan fingerprint density at radius 1 is 1.16 bits per heavy atom. The van der Waals surface area contributed by atoms with Gasteiger partial charge in [0.2, 0.25) is 5.88 Å². The molecule has 170 valence electrons. The summed E-state index contributed by atoms with van der Waals surface area (Å²) in [7, 11) is 0. The van der Waals surface area contributed by atoms with Crippen LogP contribution in [0.3, 0.4) is 0 Å². The Morgan fingerprint density at radius 3 is 2.38 bits per heavy atom. The van der Waals surface area contributed by atoms with Gasteiger partial charge in [-0.2, -0.15) is 0 Å². The molecule has 0 unspecified atom stereocenters. The maximum atomic E-state index is 13.5. The van der Waals surface area contributed by atoms with E-state index >= 15 is 0 Å². The van der Waals surface area contributed by atoms with Crippen LogP contribution in [0.15, 0.2) is 39.5 Å². The first-order valence-corrected chi connectivity index (χ1v) is 11.2. The van der Waals surface area contributed by atoms with Crippen molar-refractivity contribution in [1.82, 2.24) is 0 Å². The number of hydrogen-bond acceptors (Lipinski definition) is 6. The molecule has 0 aliphatic carbocycles. The monoisotopic (exact) mass is 456 g/mol. The smallest absolute Gasteiger partial charge is 0.203 e.